The van der Waals surface area contributed by atoms with Crippen LogP contribution in [-0.2, 0) is 0 Å². The van der Waals surface area contributed by atoms with Crippen molar-refractivity contribution in [1.29, 1.82) is 0 Å². The summed E-state index contributed by atoms with van der Waals surface area (Å²) in [7, 11) is 0. The van der Waals surface area contributed by atoms with Gasteiger partial charge in [0.1, 0.15) is 0 Å². The molecule has 1 N–H and O–H groups in total. The fraction of sp³-hybridized carbons (Fsp3) is 0.500. The zero-order chi connectivity index (χ0) is 12.4. The maximum Gasteiger partial charge on any atom is 0.269 e. The number of anilines is 1. The first kappa shape index (κ1) is 11.9. The van der Waals surface area contributed by atoms with Gasteiger partial charge in [0.15, 0.2) is 0 Å². The van der Waals surface area contributed by atoms with Crippen LogP contribution in [0.2, 0.25) is 0 Å². The van der Waals surface area contributed by atoms with Crippen molar-refractivity contribution in [2.45, 2.75) is 19.4 Å². The van der Waals surface area contributed by atoms with E-state index in [1.807, 2.05) is 0 Å². The lowest BCUT2D eigenvalue weighted by Gasteiger charge is -2.27. The van der Waals surface area contributed by atoms with Crippen molar-refractivity contribution < 1.29 is 10.0 Å². The third-order valence-corrected chi connectivity index (χ3v) is 3.46. The molecule has 1 aliphatic rings. The van der Waals surface area contributed by atoms with Gasteiger partial charge in [-0.3, -0.25) is 10.1 Å². The average Bonchev–Trinajstić information content (AvgIpc) is 2.70. The molecule has 0 amide bonds. The molecular weight excluding hydrogens is 220 g/mol. The summed E-state index contributed by atoms with van der Waals surface area (Å²) in [5.74, 6) is 0.454. The predicted octanol–water partition coefficient (Wildman–Crippen LogP) is 1.80. The molecule has 2 atom stereocenters. The van der Waals surface area contributed by atoms with Gasteiger partial charge in [-0.05, 0) is 24.5 Å². The van der Waals surface area contributed by atoms with Crippen molar-refractivity contribution in [2.75, 3.05) is 18.1 Å². The Labute approximate surface area is 99.8 Å². The highest BCUT2D eigenvalue weighted by molar-refractivity contribution is 5.52. The molecule has 0 radical (unpaired) electrons. The van der Waals surface area contributed by atoms with E-state index in [1.54, 1.807) is 12.1 Å². The van der Waals surface area contributed by atoms with Gasteiger partial charge in [-0.2, -0.15) is 0 Å². The number of hydrogen-bond acceptors (Lipinski definition) is 4. The zero-order valence-corrected chi connectivity index (χ0v) is 9.74. The minimum absolute atomic E-state index is 0.0987. The quantitative estimate of drug-likeness (QED) is 0.642. The molecule has 0 aromatic heterocycles. The van der Waals surface area contributed by atoms with Crippen LogP contribution in [0.1, 0.15) is 13.3 Å². The third kappa shape index (κ3) is 2.24. The van der Waals surface area contributed by atoms with Gasteiger partial charge in [-0.15, -0.1) is 0 Å². The monoisotopic (exact) mass is 236 g/mol. The van der Waals surface area contributed by atoms with Gasteiger partial charge in [0.05, 0.1) is 17.6 Å². The summed E-state index contributed by atoms with van der Waals surface area (Å²) in [5, 5.41) is 19.9. The number of nitro benzene ring substituents is 1. The molecule has 1 aromatic carbocycles. The van der Waals surface area contributed by atoms with Crippen LogP contribution in [0, 0.1) is 16.0 Å². The van der Waals surface area contributed by atoms with Crippen LogP contribution < -0.4 is 4.90 Å². The van der Waals surface area contributed by atoms with Crippen LogP contribution in [0.3, 0.4) is 0 Å². The standard InChI is InChI=1S/C12H16N2O3/c1-9-6-7-13(12(9)8-15)10-2-4-11(5-3-10)14(16)17/h2-5,9,12,15H,6-8H2,1H3/t9?,12-/m1/s1. The summed E-state index contributed by atoms with van der Waals surface area (Å²) in [6, 6.07) is 6.63. The highest BCUT2D eigenvalue weighted by Gasteiger charge is 2.30. The maximum absolute atomic E-state index is 10.6. The molecular formula is C12H16N2O3. The summed E-state index contributed by atoms with van der Waals surface area (Å²) in [6.45, 7) is 3.13. The van der Waals surface area contributed by atoms with E-state index in [0.29, 0.717) is 5.92 Å². The number of aliphatic hydroxyl groups excluding tert-OH is 1. The van der Waals surface area contributed by atoms with E-state index >= 15 is 0 Å². The van der Waals surface area contributed by atoms with E-state index in [4.69, 9.17) is 0 Å². The molecule has 1 saturated heterocycles. The molecule has 0 saturated carbocycles. The van der Waals surface area contributed by atoms with Crippen LogP contribution in [0.25, 0.3) is 0 Å². The fourth-order valence-corrected chi connectivity index (χ4v) is 2.37. The van der Waals surface area contributed by atoms with E-state index < -0.39 is 4.92 Å². The predicted molar refractivity (Wildman–Crippen MR) is 65.1 cm³/mol. The van der Waals surface area contributed by atoms with E-state index in [1.165, 1.54) is 12.1 Å². The Morgan fingerprint density at radius 2 is 2.12 bits per heavy atom. The third-order valence-electron chi connectivity index (χ3n) is 3.46. The molecule has 0 spiro atoms. The van der Waals surface area contributed by atoms with Crippen molar-refractivity contribution in [3.8, 4) is 0 Å². The molecule has 1 heterocycles. The first-order valence-corrected chi connectivity index (χ1v) is 5.75. The van der Waals surface area contributed by atoms with Crippen LogP contribution in [0.15, 0.2) is 24.3 Å². The van der Waals surface area contributed by atoms with Crippen LogP contribution in [0.4, 0.5) is 11.4 Å². The lowest BCUT2D eigenvalue weighted by Crippen LogP contribution is -2.35. The number of nitrogens with zero attached hydrogens (tertiary/aromatic N) is 2. The number of aliphatic hydroxyl groups is 1. The van der Waals surface area contributed by atoms with Crippen LogP contribution >= 0.6 is 0 Å². The molecule has 1 unspecified atom stereocenters. The Kier molecular flexibility index (Phi) is 3.28. The topological polar surface area (TPSA) is 66.6 Å². The smallest absolute Gasteiger partial charge is 0.269 e. The Balaban J connectivity index is 2.20. The van der Waals surface area contributed by atoms with Crippen molar-refractivity contribution in [2.24, 2.45) is 5.92 Å². The normalized spacial score (nSPS) is 24.0. The Hall–Kier alpha value is -1.62. The molecule has 1 aliphatic heterocycles. The van der Waals surface area contributed by atoms with Gasteiger partial charge in [0.2, 0.25) is 0 Å². The zero-order valence-electron chi connectivity index (χ0n) is 9.74. The Bertz CT molecular complexity index is 405. The second kappa shape index (κ2) is 4.71. The lowest BCUT2D eigenvalue weighted by atomic mass is 10.0. The Morgan fingerprint density at radius 1 is 1.47 bits per heavy atom. The number of nitro groups is 1. The molecule has 5 nitrogen and oxygen atoms in total. The summed E-state index contributed by atoms with van der Waals surface area (Å²) < 4.78 is 0. The maximum atomic E-state index is 10.6. The lowest BCUT2D eigenvalue weighted by molar-refractivity contribution is -0.384. The minimum atomic E-state index is -0.403. The van der Waals surface area contributed by atoms with E-state index in [2.05, 4.69) is 11.8 Å². The first-order valence-electron chi connectivity index (χ1n) is 5.75. The fourth-order valence-electron chi connectivity index (χ4n) is 2.37. The van der Waals surface area contributed by atoms with Crippen molar-refractivity contribution in [3.63, 3.8) is 0 Å². The SMILES string of the molecule is CC1CCN(c2ccc([N+](=O)[O-])cc2)[C@@H]1CO. The van der Waals surface area contributed by atoms with Gasteiger partial charge in [-0.1, -0.05) is 6.92 Å². The first-order chi connectivity index (χ1) is 8.13. The molecule has 1 fully saturated rings. The highest BCUT2D eigenvalue weighted by atomic mass is 16.6. The molecule has 17 heavy (non-hydrogen) atoms. The van der Waals surface area contributed by atoms with Gasteiger partial charge in [0.25, 0.3) is 5.69 Å². The molecule has 2 rings (SSSR count). The summed E-state index contributed by atoms with van der Waals surface area (Å²) >= 11 is 0. The molecule has 0 bridgehead atoms. The average molecular weight is 236 g/mol. The van der Waals surface area contributed by atoms with E-state index in [-0.39, 0.29) is 18.3 Å². The van der Waals surface area contributed by atoms with Crippen LogP contribution in [-0.4, -0.2) is 29.2 Å². The molecule has 0 aliphatic carbocycles. The molecule has 5 heteroatoms. The second-order valence-electron chi connectivity index (χ2n) is 4.48. The summed E-state index contributed by atoms with van der Waals surface area (Å²) in [6.07, 6.45) is 1.04. The van der Waals surface area contributed by atoms with E-state index in [9.17, 15) is 15.2 Å². The summed E-state index contributed by atoms with van der Waals surface area (Å²) in [5.41, 5.74) is 1.04. The number of hydrogen-bond donors (Lipinski definition) is 1. The summed E-state index contributed by atoms with van der Waals surface area (Å²) in [4.78, 5) is 12.3. The van der Waals surface area contributed by atoms with Gasteiger partial charge in [-0.25, -0.2) is 0 Å². The molecule has 1 aromatic rings. The van der Waals surface area contributed by atoms with Gasteiger partial charge >= 0.3 is 0 Å². The van der Waals surface area contributed by atoms with Crippen molar-refractivity contribution in [1.82, 2.24) is 0 Å². The van der Waals surface area contributed by atoms with Gasteiger partial charge in [0, 0.05) is 24.4 Å². The minimum Gasteiger partial charge on any atom is -0.394 e. The second-order valence-corrected chi connectivity index (χ2v) is 4.48. The number of non-ortho nitro benzene ring substituents is 1. The number of rotatable bonds is 3. The van der Waals surface area contributed by atoms with Crippen LogP contribution in [0.5, 0.6) is 0 Å². The van der Waals surface area contributed by atoms with E-state index in [0.717, 1.165) is 18.7 Å². The van der Waals surface area contributed by atoms with Gasteiger partial charge < -0.3 is 10.0 Å². The highest BCUT2D eigenvalue weighted by Crippen LogP contribution is 2.30. The largest absolute Gasteiger partial charge is 0.394 e. The van der Waals surface area contributed by atoms with Crippen molar-refractivity contribution in [3.05, 3.63) is 34.4 Å². The number of benzene rings is 1. The Morgan fingerprint density at radius 3 is 2.65 bits per heavy atom. The van der Waals surface area contributed by atoms with Crippen molar-refractivity contribution >= 4 is 11.4 Å². The molecule has 92 valence electrons.